The monoisotopic (exact) mass is 787 g/mol. The van der Waals surface area contributed by atoms with Crippen LogP contribution in [0.1, 0.15) is 81.9 Å². The average molecular weight is 790 g/mol. The molecule has 2 fully saturated rings. The second-order valence-electron chi connectivity index (χ2n) is 12.1. The van der Waals surface area contributed by atoms with Crippen LogP contribution in [0.15, 0.2) is 60.7 Å². The minimum atomic E-state index is -5.41. The predicted molar refractivity (Wildman–Crippen MR) is 170 cm³/mol. The number of benzene rings is 2. The Balaban J connectivity index is 1.60. The van der Waals surface area contributed by atoms with Gasteiger partial charge in [-0.1, -0.05) is 0 Å². The third kappa shape index (κ3) is 5.24. The molecule has 0 saturated carbocycles. The van der Waals surface area contributed by atoms with Crippen LogP contribution < -0.4 is 6.61 Å². The number of carbonyl (C=O) groups excluding carboxylic acids is 2. The van der Waals surface area contributed by atoms with E-state index < -0.39 is 29.0 Å². The number of allylic oxidation sites excluding steroid dienone is 2. The van der Waals surface area contributed by atoms with Crippen LogP contribution >= 0.6 is 17.0 Å². The summed E-state index contributed by atoms with van der Waals surface area (Å²) in [5, 5.41) is 0. The van der Waals surface area contributed by atoms with E-state index in [4.69, 9.17) is 17.0 Å². The number of carbonyl (C=O) groups is 2. The zero-order valence-electron chi connectivity index (χ0n) is 24.5. The summed E-state index contributed by atoms with van der Waals surface area (Å²) in [5.41, 5.74) is 7.09. The van der Waals surface area contributed by atoms with Gasteiger partial charge in [-0.2, -0.15) is 0 Å². The summed E-state index contributed by atoms with van der Waals surface area (Å²) in [5.74, 6) is -0.169. The van der Waals surface area contributed by atoms with Crippen LogP contribution in [0.5, 0.6) is 0 Å². The molecule has 221 valence electrons. The second kappa shape index (κ2) is 12.3. The minimum absolute atomic E-state index is 0.0843. The molecule has 2 aliphatic carbocycles. The number of fused-ring (bicyclic) bond motifs is 2. The molecule has 2 aliphatic heterocycles. The molecule has 2 aromatic rings. The zero-order chi connectivity index (χ0) is 29.5. The molecular weight excluding hydrogens is 749 g/mol. The third-order valence-electron chi connectivity index (χ3n) is 9.68. The van der Waals surface area contributed by atoms with E-state index in [0.29, 0.717) is 12.8 Å². The Labute approximate surface area is 261 Å². The van der Waals surface area contributed by atoms with Crippen LogP contribution in [-0.2, 0) is 21.3 Å². The number of amides is 2. The van der Waals surface area contributed by atoms with Crippen LogP contribution in [0.2, 0.25) is 0 Å². The molecule has 2 heterocycles. The van der Waals surface area contributed by atoms with E-state index >= 15 is 0 Å². The van der Waals surface area contributed by atoms with Gasteiger partial charge in [-0.25, -0.2) is 0 Å². The molecule has 0 spiro atoms. The van der Waals surface area contributed by atoms with Gasteiger partial charge in [0.1, 0.15) is 0 Å². The summed E-state index contributed by atoms with van der Waals surface area (Å²) in [7, 11) is 17.0. The van der Waals surface area contributed by atoms with Gasteiger partial charge in [0.2, 0.25) is 0 Å². The fourth-order valence-electron chi connectivity index (χ4n) is 7.45. The summed E-state index contributed by atoms with van der Waals surface area (Å²) in [6.45, 7) is 7.75. The van der Waals surface area contributed by atoms with E-state index in [-0.39, 0.29) is 19.1 Å². The van der Waals surface area contributed by atoms with Crippen molar-refractivity contribution in [1.29, 1.82) is 0 Å². The first kappa shape index (κ1) is 30.8. The molecule has 6 rings (SSSR count). The van der Waals surface area contributed by atoms with Gasteiger partial charge in [-0.3, -0.25) is 0 Å². The normalized spacial score (nSPS) is 22.1. The van der Waals surface area contributed by atoms with Gasteiger partial charge in [-0.15, -0.1) is 0 Å². The van der Waals surface area contributed by atoms with Crippen molar-refractivity contribution < 1.29 is 21.3 Å². The molecule has 2 aromatic carbocycles. The Morgan fingerprint density at radius 3 is 1.50 bits per heavy atom. The first-order chi connectivity index (χ1) is 20.3. The van der Waals surface area contributed by atoms with Crippen LogP contribution in [0.25, 0.3) is 11.4 Å². The zero-order valence-corrected chi connectivity index (χ0v) is 31.8. The Hall–Kier alpha value is -1.21. The summed E-state index contributed by atoms with van der Waals surface area (Å²) in [6.07, 6.45) is 9.99. The van der Waals surface area contributed by atoms with Crippen molar-refractivity contribution in [1.82, 2.24) is 16.4 Å². The van der Waals surface area contributed by atoms with Gasteiger partial charge in [0.25, 0.3) is 0 Å². The van der Waals surface area contributed by atoms with Crippen LogP contribution in [-0.4, -0.2) is 65.1 Å². The number of hydrogen-bond acceptors (Lipinski definition) is 4. The number of nitrogens with one attached hydrogen (secondary N) is 2. The molecule has 2 atom stereocenters. The summed E-state index contributed by atoms with van der Waals surface area (Å²) in [4.78, 5) is 31.4. The van der Waals surface area contributed by atoms with E-state index in [1.54, 1.807) is 0 Å². The fraction of sp³-hybridized carbons (Fsp3) is 0.438. The van der Waals surface area contributed by atoms with Crippen molar-refractivity contribution >= 4 is 57.5 Å². The number of rotatable bonds is 9. The SMILES string of the molecule is CCC(=O)[NH][In]([NH]C(=O)CC)[Zr]([Cl])([Cl])([CH]1C=C(N2CCCC2)c2ccccc21)[CH]1C=C(N2CCCC2)c2ccccc21. The third-order valence-corrected chi connectivity index (χ3v) is 82.5. The van der Waals surface area contributed by atoms with Crippen molar-refractivity contribution in [3.05, 3.63) is 82.9 Å². The topological polar surface area (TPSA) is 64.7 Å². The number of halogens is 2. The quantitative estimate of drug-likeness (QED) is 0.309. The van der Waals surface area contributed by atoms with E-state index in [2.05, 4.69) is 77.1 Å². The standard InChI is InChI=1S/2C13H14N.2C3H7NO.2ClH.In.Zr/c2*1-2-6-12-11(5-1)7-8-13(12)14-9-3-4-10-14;2*1-2-3(4)5;;;;/h2*1-2,5-8H,3-4,9-10H2;2*2H2,1H3,(H2,4,5);2*1H;;/q;;;;;;2*+2/p-4. The van der Waals surface area contributed by atoms with E-state index in [9.17, 15) is 9.59 Å². The van der Waals surface area contributed by atoms with Crippen molar-refractivity contribution in [3.63, 3.8) is 0 Å². The molecular formula is C32H40Cl2InN4O2Zr. The van der Waals surface area contributed by atoms with E-state index in [1.165, 1.54) is 48.2 Å². The Morgan fingerprint density at radius 2 is 1.12 bits per heavy atom. The second-order valence-corrected chi connectivity index (χ2v) is 79.3. The average Bonchev–Trinajstić information content (AvgIpc) is 3.82. The number of hydrogen-bond donors (Lipinski definition) is 2. The molecule has 4 aliphatic rings. The van der Waals surface area contributed by atoms with Crippen molar-refractivity contribution in [3.8, 4) is 0 Å². The van der Waals surface area contributed by atoms with Gasteiger partial charge in [0.05, 0.1) is 0 Å². The Morgan fingerprint density at radius 1 is 0.738 bits per heavy atom. The molecule has 0 radical (unpaired) electrons. The maximum absolute atomic E-state index is 13.2. The Bertz CT molecular complexity index is 1350. The predicted octanol–water partition coefficient (Wildman–Crippen LogP) is 6.40. The molecule has 2 N–H and O–H groups in total. The number of nitrogens with zero attached hydrogens (tertiary/aromatic N) is 2. The number of likely N-dealkylation sites (tertiary alicyclic amines) is 2. The molecule has 0 aromatic heterocycles. The van der Waals surface area contributed by atoms with Gasteiger partial charge in [0.15, 0.2) is 0 Å². The first-order valence-corrected chi connectivity index (χ1v) is 39.2. The van der Waals surface area contributed by atoms with Crippen molar-refractivity contribution in [2.75, 3.05) is 26.2 Å². The summed E-state index contributed by atoms with van der Waals surface area (Å²) >= 11 is -9.29. The van der Waals surface area contributed by atoms with Gasteiger partial charge >= 0.3 is 264 Å². The van der Waals surface area contributed by atoms with Crippen LogP contribution in [0, 0.1) is 0 Å². The molecule has 2 amide bonds. The molecule has 2 saturated heterocycles. The molecule has 0 bridgehead atoms. The van der Waals surface area contributed by atoms with Crippen LogP contribution in [0.4, 0.5) is 0 Å². The molecule has 6 nitrogen and oxygen atoms in total. The molecule has 42 heavy (non-hydrogen) atoms. The summed E-state index contributed by atoms with van der Waals surface area (Å²) < 4.78 is 6.29. The Kier molecular flexibility index (Phi) is 9.02. The van der Waals surface area contributed by atoms with Gasteiger partial charge in [-0.05, 0) is 0 Å². The van der Waals surface area contributed by atoms with E-state index in [1.807, 2.05) is 13.8 Å². The molecule has 2 unspecified atom stereocenters. The van der Waals surface area contributed by atoms with Gasteiger partial charge in [0, 0.05) is 0 Å². The molecule has 10 heteroatoms. The van der Waals surface area contributed by atoms with Crippen molar-refractivity contribution in [2.24, 2.45) is 0 Å². The first-order valence-electron chi connectivity index (χ1n) is 15.5. The van der Waals surface area contributed by atoms with E-state index in [0.717, 1.165) is 37.3 Å². The fourth-order valence-corrected chi connectivity index (χ4v) is 70.2. The summed E-state index contributed by atoms with van der Waals surface area (Å²) in [6, 6.07) is 17.1. The maximum atomic E-state index is 13.2. The van der Waals surface area contributed by atoms with Gasteiger partial charge < -0.3 is 0 Å². The van der Waals surface area contributed by atoms with Crippen molar-refractivity contribution in [2.45, 2.75) is 59.6 Å². The van der Waals surface area contributed by atoms with Crippen LogP contribution in [0.3, 0.4) is 0 Å².